The molecule has 1 fully saturated rings. The highest BCUT2D eigenvalue weighted by Gasteiger charge is 2.65. The standard InChI is InChI=1S/C18H18ClNO5/c1-18(2)14(15(18)17(23)24)16(22)20-9-3-5-11(12(19)7-9)13-6-4-10(8-21)25-13/h3-7,14-15,21H,8H2,1-2H3,(H,20,22)(H,23,24)/t14-,15+/m0/s1. The van der Waals surface area contributed by atoms with Crippen LogP contribution in [0, 0.1) is 17.3 Å². The monoisotopic (exact) mass is 363 g/mol. The minimum Gasteiger partial charge on any atom is -0.481 e. The summed E-state index contributed by atoms with van der Waals surface area (Å²) < 4.78 is 5.45. The van der Waals surface area contributed by atoms with E-state index in [9.17, 15) is 14.7 Å². The van der Waals surface area contributed by atoms with E-state index >= 15 is 0 Å². The average Bonchev–Trinajstić information content (AvgIpc) is 2.90. The summed E-state index contributed by atoms with van der Waals surface area (Å²) in [6.07, 6.45) is 0. The molecule has 1 saturated carbocycles. The van der Waals surface area contributed by atoms with Crippen molar-refractivity contribution in [2.45, 2.75) is 20.5 Å². The first kappa shape index (κ1) is 17.5. The van der Waals surface area contributed by atoms with E-state index < -0.39 is 23.2 Å². The molecular weight excluding hydrogens is 346 g/mol. The van der Waals surface area contributed by atoms with Gasteiger partial charge in [0.05, 0.1) is 16.9 Å². The van der Waals surface area contributed by atoms with Crippen LogP contribution in [0.1, 0.15) is 19.6 Å². The molecule has 1 amide bonds. The third-order valence-corrected chi connectivity index (χ3v) is 5.01. The minimum absolute atomic E-state index is 0.201. The largest absolute Gasteiger partial charge is 0.481 e. The fourth-order valence-corrected chi connectivity index (χ4v) is 3.48. The quantitative estimate of drug-likeness (QED) is 0.756. The summed E-state index contributed by atoms with van der Waals surface area (Å²) in [5, 5.41) is 21.3. The molecule has 2 atom stereocenters. The molecule has 1 aliphatic carbocycles. The molecule has 1 heterocycles. The predicted molar refractivity (Wildman–Crippen MR) is 92.1 cm³/mol. The number of halogens is 1. The van der Waals surface area contributed by atoms with Crippen LogP contribution in [0.2, 0.25) is 5.02 Å². The van der Waals surface area contributed by atoms with Crippen LogP contribution in [0.25, 0.3) is 11.3 Å². The molecule has 0 saturated heterocycles. The molecule has 25 heavy (non-hydrogen) atoms. The van der Waals surface area contributed by atoms with Crippen LogP contribution in [-0.2, 0) is 16.2 Å². The van der Waals surface area contributed by atoms with E-state index in [0.29, 0.717) is 27.8 Å². The second-order valence-corrected chi connectivity index (χ2v) is 7.13. The molecular formula is C18H18ClNO5. The molecule has 0 radical (unpaired) electrons. The Hall–Kier alpha value is -2.31. The highest BCUT2D eigenvalue weighted by atomic mass is 35.5. The minimum atomic E-state index is -0.962. The molecule has 7 heteroatoms. The van der Waals surface area contributed by atoms with E-state index in [1.54, 1.807) is 44.2 Å². The van der Waals surface area contributed by atoms with Crippen LogP contribution >= 0.6 is 11.6 Å². The van der Waals surface area contributed by atoms with E-state index in [1.807, 2.05) is 0 Å². The maximum atomic E-state index is 12.3. The number of hydrogen-bond acceptors (Lipinski definition) is 4. The number of anilines is 1. The molecule has 132 valence electrons. The molecule has 3 N–H and O–H groups in total. The number of carboxylic acids is 1. The molecule has 6 nitrogen and oxygen atoms in total. The summed E-state index contributed by atoms with van der Waals surface area (Å²) >= 11 is 6.26. The molecule has 1 aromatic carbocycles. The lowest BCUT2D eigenvalue weighted by molar-refractivity contribution is -0.140. The van der Waals surface area contributed by atoms with E-state index in [2.05, 4.69) is 5.32 Å². The molecule has 0 unspecified atom stereocenters. The average molecular weight is 364 g/mol. The molecule has 0 aliphatic heterocycles. The Kier molecular flexibility index (Phi) is 4.34. The van der Waals surface area contributed by atoms with Crippen molar-refractivity contribution >= 4 is 29.2 Å². The number of hydrogen-bond donors (Lipinski definition) is 3. The summed E-state index contributed by atoms with van der Waals surface area (Å²) in [5.41, 5.74) is 0.559. The number of furan rings is 1. The Morgan fingerprint density at radius 2 is 1.96 bits per heavy atom. The van der Waals surface area contributed by atoms with Crippen molar-refractivity contribution in [1.29, 1.82) is 0 Å². The van der Waals surface area contributed by atoms with Gasteiger partial charge in [-0.2, -0.15) is 0 Å². The third kappa shape index (κ3) is 3.15. The van der Waals surface area contributed by atoms with E-state index in [4.69, 9.17) is 21.1 Å². The molecule has 3 rings (SSSR count). The first-order valence-electron chi connectivity index (χ1n) is 7.79. The van der Waals surface area contributed by atoms with Crippen LogP contribution in [-0.4, -0.2) is 22.1 Å². The lowest BCUT2D eigenvalue weighted by atomic mass is 10.1. The van der Waals surface area contributed by atoms with Crippen LogP contribution < -0.4 is 5.32 Å². The van der Waals surface area contributed by atoms with Gasteiger partial charge < -0.3 is 19.9 Å². The Morgan fingerprint density at radius 1 is 1.24 bits per heavy atom. The van der Waals surface area contributed by atoms with E-state index in [0.717, 1.165) is 0 Å². The fourth-order valence-electron chi connectivity index (χ4n) is 3.21. The van der Waals surface area contributed by atoms with Crippen LogP contribution in [0.3, 0.4) is 0 Å². The van der Waals surface area contributed by atoms with Gasteiger partial charge >= 0.3 is 5.97 Å². The zero-order valence-corrected chi connectivity index (χ0v) is 14.5. The number of carboxylic acid groups (broad SMARTS) is 1. The molecule has 1 aliphatic rings. The number of rotatable bonds is 5. The second-order valence-electron chi connectivity index (χ2n) is 6.72. The number of carbonyl (C=O) groups is 2. The number of benzene rings is 1. The topological polar surface area (TPSA) is 99.8 Å². The van der Waals surface area contributed by atoms with Crippen molar-refractivity contribution in [3.8, 4) is 11.3 Å². The summed E-state index contributed by atoms with van der Waals surface area (Å²) in [4.78, 5) is 23.5. The Morgan fingerprint density at radius 3 is 2.48 bits per heavy atom. The summed E-state index contributed by atoms with van der Waals surface area (Å²) in [7, 11) is 0. The van der Waals surface area contributed by atoms with Crippen molar-refractivity contribution < 1.29 is 24.2 Å². The highest BCUT2D eigenvalue weighted by molar-refractivity contribution is 6.33. The van der Waals surface area contributed by atoms with Gasteiger partial charge in [-0.15, -0.1) is 0 Å². The van der Waals surface area contributed by atoms with Gasteiger partial charge in [0.25, 0.3) is 0 Å². The Labute approximate surface area is 149 Å². The number of aliphatic hydroxyl groups is 1. The second kappa shape index (κ2) is 6.20. The van der Waals surface area contributed by atoms with Gasteiger partial charge in [-0.3, -0.25) is 9.59 Å². The van der Waals surface area contributed by atoms with Crippen LogP contribution in [0.4, 0.5) is 5.69 Å². The zero-order chi connectivity index (χ0) is 18.4. The molecule has 2 aromatic rings. The summed E-state index contributed by atoms with van der Waals surface area (Å²) in [5.74, 6) is -1.60. The lowest BCUT2D eigenvalue weighted by Crippen LogP contribution is -2.17. The maximum absolute atomic E-state index is 12.3. The van der Waals surface area contributed by atoms with Gasteiger partial charge in [-0.1, -0.05) is 25.4 Å². The van der Waals surface area contributed by atoms with E-state index in [-0.39, 0.29) is 12.5 Å². The van der Waals surface area contributed by atoms with Gasteiger partial charge in [0.2, 0.25) is 5.91 Å². The smallest absolute Gasteiger partial charge is 0.307 e. The lowest BCUT2D eigenvalue weighted by Gasteiger charge is -2.08. The van der Waals surface area contributed by atoms with Gasteiger partial charge in [-0.25, -0.2) is 0 Å². The maximum Gasteiger partial charge on any atom is 0.307 e. The number of amides is 1. The van der Waals surface area contributed by atoms with Gasteiger partial charge in [0.1, 0.15) is 18.1 Å². The molecule has 0 spiro atoms. The first-order chi connectivity index (χ1) is 11.8. The number of aliphatic carboxylic acids is 1. The number of carbonyl (C=O) groups excluding carboxylic acids is 1. The number of aliphatic hydroxyl groups excluding tert-OH is 1. The molecule has 0 bridgehead atoms. The summed E-state index contributed by atoms with van der Waals surface area (Å²) in [6.45, 7) is 3.33. The van der Waals surface area contributed by atoms with Crippen LogP contribution in [0.5, 0.6) is 0 Å². The van der Waals surface area contributed by atoms with Crippen molar-refractivity contribution in [3.05, 3.63) is 41.1 Å². The first-order valence-corrected chi connectivity index (χ1v) is 8.16. The van der Waals surface area contributed by atoms with Crippen molar-refractivity contribution in [1.82, 2.24) is 0 Å². The summed E-state index contributed by atoms with van der Waals surface area (Å²) in [6, 6.07) is 8.31. The Bertz CT molecular complexity index is 842. The van der Waals surface area contributed by atoms with Gasteiger partial charge in [0.15, 0.2) is 0 Å². The number of nitrogens with one attached hydrogen (secondary N) is 1. The normalized spacial score (nSPS) is 21.0. The van der Waals surface area contributed by atoms with Gasteiger partial charge in [-0.05, 0) is 35.7 Å². The van der Waals surface area contributed by atoms with Gasteiger partial charge in [0, 0.05) is 11.3 Å². The van der Waals surface area contributed by atoms with Crippen LogP contribution in [0.15, 0.2) is 34.7 Å². The molecule has 1 aromatic heterocycles. The fraction of sp³-hybridized carbons (Fsp3) is 0.333. The highest BCUT2D eigenvalue weighted by Crippen LogP contribution is 2.58. The van der Waals surface area contributed by atoms with Crippen molar-refractivity contribution in [3.63, 3.8) is 0 Å². The Balaban J connectivity index is 1.75. The van der Waals surface area contributed by atoms with Crippen molar-refractivity contribution in [2.75, 3.05) is 5.32 Å². The van der Waals surface area contributed by atoms with E-state index in [1.165, 1.54) is 0 Å². The zero-order valence-electron chi connectivity index (χ0n) is 13.7. The predicted octanol–water partition coefficient (Wildman–Crippen LogP) is 3.39. The third-order valence-electron chi connectivity index (χ3n) is 4.70. The van der Waals surface area contributed by atoms with Crippen molar-refractivity contribution in [2.24, 2.45) is 17.3 Å². The SMILES string of the molecule is CC1(C)[C@H](C(=O)Nc2ccc(-c3ccc(CO)o3)c(Cl)c2)[C@@H]1C(=O)O.